The first-order valence-corrected chi connectivity index (χ1v) is 9.15. The Morgan fingerprint density at radius 2 is 2.00 bits per heavy atom. The molecule has 3 rings (SSSR count). The fraction of sp³-hybridized carbons (Fsp3) is 0.550. The van der Waals surface area contributed by atoms with E-state index < -0.39 is 0 Å². The molecule has 0 N–H and O–H groups in total. The first-order valence-electron chi connectivity index (χ1n) is 9.15. The van der Waals surface area contributed by atoms with E-state index in [9.17, 15) is 9.18 Å². The predicted molar refractivity (Wildman–Crippen MR) is 96.1 cm³/mol. The van der Waals surface area contributed by atoms with Crippen LogP contribution in [0.25, 0.3) is 0 Å². The van der Waals surface area contributed by atoms with Crippen molar-refractivity contribution in [3.05, 3.63) is 47.4 Å². The van der Waals surface area contributed by atoms with E-state index in [2.05, 4.69) is 31.0 Å². The molecule has 0 spiro atoms. The number of carbonyl (C=O) groups is 1. The van der Waals surface area contributed by atoms with E-state index in [4.69, 9.17) is 4.42 Å². The smallest absolute Gasteiger partial charge is 0.227 e. The highest BCUT2D eigenvalue weighted by Gasteiger charge is 2.29. The summed E-state index contributed by atoms with van der Waals surface area (Å²) in [4.78, 5) is 14.4. The zero-order valence-electron chi connectivity index (χ0n) is 15.7. The molecular formula is C20H26FN3O2. The number of hydrogen-bond donors (Lipinski definition) is 0. The van der Waals surface area contributed by atoms with Gasteiger partial charge in [-0.2, -0.15) is 0 Å². The van der Waals surface area contributed by atoms with E-state index in [-0.39, 0.29) is 29.5 Å². The van der Waals surface area contributed by atoms with Crippen LogP contribution in [0.5, 0.6) is 0 Å². The van der Waals surface area contributed by atoms with Crippen molar-refractivity contribution in [1.29, 1.82) is 0 Å². The maximum absolute atomic E-state index is 13.0. The molecule has 2 aromatic rings. The van der Waals surface area contributed by atoms with Gasteiger partial charge < -0.3 is 9.32 Å². The van der Waals surface area contributed by atoms with Crippen LogP contribution < -0.4 is 0 Å². The van der Waals surface area contributed by atoms with Crippen LogP contribution in [0.3, 0.4) is 0 Å². The van der Waals surface area contributed by atoms with E-state index >= 15 is 0 Å². The van der Waals surface area contributed by atoms with Gasteiger partial charge in [-0.05, 0) is 36.0 Å². The highest BCUT2D eigenvalue weighted by molar-refractivity contribution is 5.78. The third-order valence-electron chi connectivity index (χ3n) is 4.56. The Kier molecular flexibility index (Phi) is 5.39. The number of hydrogen-bond acceptors (Lipinski definition) is 4. The van der Waals surface area contributed by atoms with Crippen molar-refractivity contribution in [2.75, 3.05) is 13.1 Å². The molecule has 0 aliphatic carbocycles. The lowest BCUT2D eigenvalue weighted by molar-refractivity contribution is -0.131. The van der Waals surface area contributed by atoms with E-state index in [0.29, 0.717) is 18.3 Å². The molecule has 1 amide bonds. The zero-order valence-corrected chi connectivity index (χ0v) is 15.7. The van der Waals surface area contributed by atoms with Crippen molar-refractivity contribution in [1.82, 2.24) is 15.1 Å². The number of benzene rings is 1. The molecule has 1 atom stereocenters. The standard InChI is InChI=1S/C20H26FN3O2/c1-20(2,3)12-17-22-23-19(26-17)15-5-4-10-24(13-15)18(25)11-14-6-8-16(21)9-7-14/h6-9,15H,4-5,10-13H2,1-3H3. The Morgan fingerprint density at radius 1 is 1.27 bits per heavy atom. The second-order valence-corrected chi connectivity index (χ2v) is 8.25. The molecule has 1 aromatic carbocycles. The van der Waals surface area contributed by atoms with Crippen molar-refractivity contribution in [2.45, 2.75) is 52.4 Å². The maximum Gasteiger partial charge on any atom is 0.227 e. The van der Waals surface area contributed by atoms with Gasteiger partial charge in [0, 0.05) is 19.5 Å². The average Bonchev–Trinajstić information content (AvgIpc) is 3.03. The molecule has 1 aromatic heterocycles. The second kappa shape index (κ2) is 7.56. The van der Waals surface area contributed by atoms with E-state index in [0.717, 1.165) is 31.4 Å². The summed E-state index contributed by atoms with van der Waals surface area (Å²) in [5, 5.41) is 8.38. The number of likely N-dealkylation sites (tertiary alicyclic amines) is 1. The molecule has 0 radical (unpaired) electrons. The third-order valence-corrected chi connectivity index (χ3v) is 4.56. The van der Waals surface area contributed by atoms with E-state index in [1.165, 1.54) is 12.1 Å². The number of carbonyl (C=O) groups excluding carboxylic acids is 1. The first kappa shape index (κ1) is 18.5. The summed E-state index contributed by atoms with van der Waals surface area (Å²) in [7, 11) is 0. The Balaban J connectivity index is 1.61. The van der Waals surface area contributed by atoms with Gasteiger partial charge in [0.25, 0.3) is 0 Å². The number of aromatic nitrogens is 2. The lowest BCUT2D eigenvalue weighted by Gasteiger charge is -2.31. The SMILES string of the molecule is CC(C)(C)Cc1nnc(C2CCCN(C(=O)Cc3ccc(F)cc3)C2)o1. The topological polar surface area (TPSA) is 59.2 Å². The second-order valence-electron chi connectivity index (χ2n) is 8.25. The molecule has 1 aliphatic rings. The molecule has 140 valence electrons. The summed E-state index contributed by atoms with van der Waals surface area (Å²) >= 11 is 0. The fourth-order valence-electron chi connectivity index (χ4n) is 3.25. The van der Waals surface area contributed by atoms with Crippen LogP contribution in [-0.4, -0.2) is 34.1 Å². The van der Waals surface area contributed by atoms with Gasteiger partial charge in [-0.3, -0.25) is 4.79 Å². The van der Waals surface area contributed by atoms with Gasteiger partial charge in [-0.25, -0.2) is 4.39 Å². The van der Waals surface area contributed by atoms with Gasteiger partial charge >= 0.3 is 0 Å². The molecule has 6 heteroatoms. The quantitative estimate of drug-likeness (QED) is 0.834. The number of halogens is 1. The average molecular weight is 359 g/mol. The molecule has 0 saturated carbocycles. The molecule has 2 heterocycles. The van der Waals surface area contributed by atoms with Crippen molar-refractivity contribution < 1.29 is 13.6 Å². The number of piperidine rings is 1. The van der Waals surface area contributed by atoms with Gasteiger partial charge in [0.2, 0.25) is 17.7 Å². The zero-order chi connectivity index (χ0) is 18.7. The van der Waals surface area contributed by atoms with Crippen LogP contribution in [0.1, 0.15) is 56.9 Å². The van der Waals surface area contributed by atoms with Crippen molar-refractivity contribution >= 4 is 5.91 Å². The minimum Gasteiger partial charge on any atom is -0.425 e. The highest BCUT2D eigenvalue weighted by atomic mass is 19.1. The minimum absolute atomic E-state index is 0.0516. The van der Waals surface area contributed by atoms with E-state index in [1.807, 2.05) is 4.90 Å². The Labute approximate surface area is 153 Å². The van der Waals surface area contributed by atoms with Gasteiger partial charge in [-0.1, -0.05) is 32.9 Å². The molecule has 1 saturated heterocycles. The van der Waals surface area contributed by atoms with Gasteiger partial charge in [0.15, 0.2) is 0 Å². The number of nitrogens with zero attached hydrogens (tertiary/aromatic N) is 3. The summed E-state index contributed by atoms with van der Waals surface area (Å²) in [5.41, 5.74) is 0.914. The predicted octanol–water partition coefficient (Wildman–Crippen LogP) is 3.75. The Bertz CT molecular complexity index is 749. The summed E-state index contributed by atoms with van der Waals surface area (Å²) in [6.07, 6.45) is 2.88. The monoisotopic (exact) mass is 359 g/mol. The van der Waals surface area contributed by atoms with Crippen molar-refractivity contribution in [3.8, 4) is 0 Å². The van der Waals surface area contributed by atoms with Crippen LogP contribution in [-0.2, 0) is 17.6 Å². The molecule has 26 heavy (non-hydrogen) atoms. The Hall–Kier alpha value is -2.24. The van der Waals surface area contributed by atoms with Crippen molar-refractivity contribution in [2.24, 2.45) is 5.41 Å². The third kappa shape index (κ3) is 4.90. The van der Waals surface area contributed by atoms with Crippen molar-refractivity contribution in [3.63, 3.8) is 0 Å². The number of rotatable bonds is 4. The van der Waals surface area contributed by atoms with Gasteiger partial charge in [0.05, 0.1) is 12.3 Å². The van der Waals surface area contributed by atoms with Crippen LogP contribution in [0.15, 0.2) is 28.7 Å². The largest absolute Gasteiger partial charge is 0.425 e. The summed E-state index contributed by atoms with van der Waals surface area (Å²) in [6.45, 7) is 7.73. The minimum atomic E-state index is -0.290. The summed E-state index contributed by atoms with van der Waals surface area (Å²) < 4.78 is 18.9. The lowest BCUT2D eigenvalue weighted by atomic mass is 9.92. The molecule has 0 bridgehead atoms. The van der Waals surface area contributed by atoms with Crippen LogP contribution >= 0.6 is 0 Å². The van der Waals surface area contributed by atoms with Crippen LogP contribution in [0, 0.1) is 11.2 Å². The molecule has 1 unspecified atom stereocenters. The summed E-state index contributed by atoms with van der Waals surface area (Å²) in [6, 6.07) is 6.09. The normalized spacial score (nSPS) is 18.2. The summed E-state index contributed by atoms with van der Waals surface area (Å²) in [5.74, 6) is 1.13. The molecule has 5 nitrogen and oxygen atoms in total. The van der Waals surface area contributed by atoms with Gasteiger partial charge in [-0.15, -0.1) is 10.2 Å². The first-order chi connectivity index (χ1) is 12.3. The molecule has 1 fully saturated rings. The molecular weight excluding hydrogens is 333 g/mol. The van der Waals surface area contributed by atoms with Gasteiger partial charge in [0.1, 0.15) is 5.82 Å². The Morgan fingerprint density at radius 3 is 2.69 bits per heavy atom. The fourth-order valence-corrected chi connectivity index (χ4v) is 3.25. The number of amides is 1. The lowest BCUT2D eigenvalue weighted by Crippen LogP contribution is -2.40. The van der Waals surface area contributed by atoms with Crippen LogP contribution in [0.2, 0.25) is 0 Å². The highest BCUT2D eigenvalue weighted by Crippen LogP contribution is 2.28. The molecule has 1 aliphatic heterocycles. The van der Waals surface area contributed by atoms with E-state index in [1.54, 1.807) is 12.1 Å². The maximum atomic E-state index is 13.0. The van der Waals surface area contributed by atoms with Crippen LogP contribution in [0.4, 0.5) is 4.39 Å².